The largest absolute Gasteiger partial charge is 0.379 e. The first-order chi connectivity index (χ1) is 10.1. The van der Waals surface area contributed by atoms with Crippen LogP contribution in [0.25, 0.3) is 0 Å². The van der Waals surface area contributed by atoms with E-state index in [0.29, 0.717) is 5.56 Å². The Morgan fingerprint density at radius 1 is 1.29 bits per heavy atom. The third kappa shape index (κ3) is 3.42. The number of rotatable bonds is 5. The first-order valence-corrected chi connectivity index (χ1v) is 7.62. The SMILES string of the molecule is C[C@H](CN1CCOCC1)NC1(c2cc(F)ccc2F)CC1. The number of morpholine rings is 1. The Kier molecular flexibility index (Phi) is 4.24. The van der Waals surface area contributed by atoms with Crippen LogP contribution >= 0.6 is 0 Å². The molecule has 0 spiro atoms. The van der Waals surface area contributed by atoms with Gasteiger partial charge in [-0.15, -0.1) is 0 Å². The molecule has 1 aromatic carbocycles. The predicted molar refractivity (Wildman–Crippen MR) is 77.1 cm³/mol. The summed E-state index contributed by atoms with van der Waals surface area (Å²) in [6.07, 6.45) is 1.72. The molecule has 0 aromatic heterocycles. The fraction of sp³-hybridized carbons (Fsp3) is 0.625. The van der Waals surface area contributed by atoms with Gasteiger partial charge in [0.1, 0.15) is 11.6 Å². The fourth-order valence-electron chi connectivity index (χ4n) is 3.17. The van der Waals surface area contributed by atoms with Crippen LogP contribution in [0.4, 0.5) is 8.78 Å². The van der Waals surface area contributed by atoms with Crippen molar-refractivity contribution in [2.75, 3.05) is 32.8 Å². The second-order valence-corrected chi connectivity index (χ2v) is 6.16. The zero-order valence-electron chi connectivity index (χ0n) is 12.4. The number of benzene rings is 1. The maximum Gasteiger partial charge on any atom is 0.128 e. The summed E-state index contributed by atoms with van der Waals surface area (Å²) in [4.78, 5) is 2.35. The Morgan fingerprint density at radius 2 is 2.00 bits per heavy atom. The molecule has 1 saturated heterocycles. The van der Waals surface area contributed by atoms with E-state index in [-0.39, 0.29) is 23.2 Å². The molecule has 0 amide bonds. The molecule has 5 heteroatoms. The summed E-state index contributed by atoms with van der Waals surface area (Å²) in [5.41, 5.74) is 0.0917. The van der Waals surface area contributed by atoms with Gasteiger partial charge in [0.05, 0.1) is 13.2 Å². The number of hydrogen-bond acceptors (Lipinski definition) is 3. The van der Waals surface area contributed by atoms with E-state index in [0.717, 1.165) is 45.7 Å². The molecule has 1 N–H and O–H groups in total. The van der Waals surface area contributed by atoms with Crippen LogP contribution in [0.3, 0.4) is 0 Å². The molecule has 0 unspecified atom stereocenters. The molecular formula is C16H22F2N2O. The fourth-order valence-corrected chi connectivity index (χ4v) is 3.17. The molecule has 116 valence electrons. The minimum Gasteiger partial charge on any atom is -0.379 e. The lowest BCUT2D eigenvalue weighted by Gasteiger charge is -2.31. The molecule has 1 atom stereocenters. The Hall–Kier alpha value is -1.04. The molecule has 0 radical (unpaired) electrons. The Morgan fingerprint density at radius 3 is 2.67 bits per heavy atom. The smallest absolute Gasteiger partial charge is 0.128 e. The lowest BCUT2D eigenvalue weighted by atomic mass is 10.0. The Labute approximate surface area is 124 Å². The average Bonchev–Trinajstić information content (AvgIpc) is 3.23. The van der Waals surface area contributed by atoms with E-state index in [1.165, 1.54) is 18.2 Å². The number of halogens is 2. The van der Waals surface area contributed by atoms with E-state index in [9.17, 15) is 8.78 Å². The van der Waals surface area contributed by atoms with Crippen molar-refractivity contribution in [3.05, 3.63) is 35.4 Å². The van der Waals surface area contributed by atoms with Crippen LogP contribution in [0.1, 0.15) is 25.3 Å². The van der Waals surface area contributed by atoms with E-state index in [1.807, 2.05) is 0 Å². The van der Waals surface area contributed by atoms with Gasteiger partial charge in [-0.3, -0.25) is 4.90 Å². The standard InChI is InChI=1S/C16H22F2N2O/c1-12(11-20-6-8-21-9-7-20)19-16(4-5-16)14-10-13(17)2-3-15(14)18/h2-3,10,12,19H,4-9,11H2,1H3/t12-/m1/s1. The number of ether oxygens (including phenoxy) is 1. The van der Waals surface area contributed by atoms with Gasteiger partial charge in [0, 0.05) is 36.8 Å². The summed E-state index contributed by atoms with van der Waals surface area (Å²) in [5, 5.41) is 3.51. The molecule has 2 fully saturated rings. The van der Waals surface area contributed by atoms with Crippen molar-refractivity contribution < 1.29 is 13.5 Å². The quantitative estimate of drug-likeness (QED) is 0.902. The summed E-state index contributed by atoms with van der Waals surface area (Å²) in [6.45, 7) is 6.43. The number of nitrogens with one attached hydrogen (secondary N) is 1. The van der Waals surface area contributed by atoms with Crippen molar-refractivity contribution in [2.45, 2.75) is 31.3 Å². The van der Waals surface area contributed by atoms with Crippen molar-refractivity contribution in [2.24, 2.45) is 0 Å². The molecule has 1 saturated carbocycles. The molecule has 3 nitrogen and oxygen atoms in total. The molecule has 0 bridgehead atoms. The zero-order valence-corrected chi connectivity index (χ0v) is 12.4. The molecule has 2 aliphatic rings. The van der Waals surface area contributed by atoms with Gasteiger partial charge in [-0.25, -0.2) is 8.78 Å². The first kappa shape index (κ1) is 14.9. The minimum absolute atomic E-state index is 0.230. The molecule has 3 rings (SSSR count). The first-order valence-electron chi connectivity index (χ1n) is 7.62. The van der Waals surface area contributed by atoms with Crippen LogP contribution in [0.2, 0.25) is 0 Å². The van der Waals surface area contributed by atoms with Crippen LogP contribution in [-0.4, -0.2) is 43.8 Å². The van der Waals surface area contributed by atoms with E-state index in [2.05, 4.69) is 17.1 Å². The van der Waals surface area contributed by atoms with Crippen molar-refractivity contribution in [3.8, 4) is 0 Å². The van der Waals surface area contributed by atoms with E-state index in [4.69, 9.17) is 4.74 Å². The lowest BCUT2D eigenvalue weighted by molar-refractivity contribution is 0.0336. The maximum atomic E-state index is 14.0. The Balaban J connectivity index is 1.64. The normalized spacial score (nSPS) is 23.0. The highest BCUT2D eigenvalue weighted by Gasteiger charge is 2.46. The van der Waals surface area contributed by atoms with Crippen LogP contribution < -0.4 is 5.32 Å². The summed E-state index contributed by atoms with van der Waals surface area (Å²) in [5.74, 6) is -0.694. The van der Waals surface area contributed by atoms with Gasteiger partial charge in [0.2, 0.25) is 0 Å². The third-order valence-corrected chi connectivity index (χ3v) is 4.35. The summed E-state index contributed by atoms with van der Waals surface area (Å²) in [6, 6.07) is 3.95. The van der Waals surface area contributed by atoms with Crippen LogP contribution in [-0.2, 0) is 10.3 Å². The Bertz CT molecular complexity index is 499. The molecule has 21 heavy (non-hydrogen) atoms. The molecule has 1 heterocycles. The maximum absolute atomic E-state index is 14.0. The minimum atomic E-state index is -0.377. The van der Waals surface area contributed by atoms with Crippen molar-refractivity contribution in [1.29, 1.82) is 0 Å². The molecular weight excluding hydrogens is 274 g/mol. The zero-order chi connectivity index (χ0) is 14.9. The van der Waals surface area contributed by atoms with Gasteiger partial charge in [0.15, 0.2) is 0 Å². The van der Waals surface area contributed by atoms with Gasteiger partial charge >= 0.3 is 0 Å². The summed E-state index contributed by atoms with van der Waals surface area (Å²) >= 11 is 0. The topological polar surface area (TPSA) is 24.5 Å². The summed E-state index contributed by atoms with van der Waals surface area (Å²) in [7, 11) is 0. The van der Waals surface area contributed by atoms with E-state index < -0.39 is 0 Å². The summed E-state index contributed by atoms with van der Waals surface area (Å²) < 4.78 is 32.7. The van der Waals surface area contributed by atoms with Crippen LogP contribution in [0.5, 0.6) is 0 Å². The van der Waals surface area contributed by atoms with Crippen LogP contribution in [0, 0.1) is 11.6 Å². The second kappa shape index (κ2) is 5.99. The van der Waals surface area contributed by atoms with E-state index in [1.54, 1.807) is 0 Å². The number of hydrogen-bond donors (Lipinski definition) is 1. The van der Waals surface area contributed by atoms with Gasteiger partial charge < -0.3 is 10.1 Å². The van der Waals surface area contributed by atoms with Crippen molar-refractivity contribution in [1.82, 2.24) is 10.2 Å². The number of nitrogens with zero attached hydrogens (tertiary/aromatic N) is 1. The third-order valence-electron chi connectivity index (χ3n) is 4.35. The highest BCUT2D eigenvalue weighted by atomic mass is 19.1. The van der Waals surface area contributed by atoms with Gasteiger partial charge in [-0.2, -0.15) is 0 Å². The van der Waals surface area contributed by atoms with Gasteiger partial charge in [0.25, 0.3) is 0 Å². The lowest BCUT2D eigenvalue weighted by Crippen LogP contribution is -2.47. The van der Waals surface area contributed by atoms with Gasteiger partial charge in [-0.05, 0) is 38.0 Å². The molecule has 1 aromatic rings. The average molecular weight is 296 g/mol. The van der Waals surface area contributed by atoms with Crippen molar-refractivity contribution in [3.63, 3.8) is 0 Å². The van der Waals surface area contributed by atoms with Gasteiger partial charge in [-0.1, -0.05) is 0 Å². The second-order valence-electron chi connectivity index (χ2n) is 6.16. The monoisotopic (exact) mass is 296 g/mol. The predicted octanol–water partition coefficient (Wildman–Crippen LogP) is 2.26. The molecule has 1 aliphatic heterocycles. The highest BCUT2D eigenvalue weighted by Crippen LogP contribution is 2.47. The van der Waals surface area contributed by atoms with E-state index >= 15 is 0 Å². The highest BCUT2D eigenvalue weighted by molar-refractivity contribution is 5.32. The van der Waals surface area contributed by atoms with Crippen molar-refractivity contribution >= 4 is 0 Å². The molecule has 1 aliphatic carbocycles. The van der Waals surface area contributed by atoms with Crippen LogP contribution in [0.15, 0.2) is 18.2 Å².